The van der Waals surface area contributed by atoms with Crippen molar-refractivity contribution >= 4 is 16.2 Å². The Labute approximate surface area is 128 Å². The van der Waals surface area contributed by atoms with Gasteiger partial charge in [-0.2, -0.15) is 0 Å². The van der Waals surface area contributed by atoms with E-state index in [-0.39, 0.29) is 11.9 Å². The van der Waals surface area contributed by atoms with Gasteiger partial charge in [-0.15, -0.1) is 0 Å². The Morgan fingerprint density at radius 3 is 2.33 bits per heavy atom. The van der Waals surface area contributed by atoms with E-state index in [4.69, 9.17) is 10.5 Å². The molecule has 0 radical (unpaired) electrons. The van der Waals surface area contributed by atoms with E-state index in [0.29, 0.717) is 26.1 Å². The molecule has 7 nitrogen and oxygen atoms in total. The normalized spacial score (nSPS) is 12.2. The van der Waals surface area contributed by atoms with Crippen LogP contribution in [0.5, 0.6) is 0 Å². The molecule has 0 aromatic rings. The van der Waals surface area contributed by atoms with E-state index in [1.165, 1.54) is 6.26 Å². The minimum absolute atomic E-state index is 0.117. The number of amides is 1. The van der Waals surface area contributed by atoms with Crippen LogP contribution in [0.2, 0.25) is 0 Å². The van der Waals surface area contributed by atoms with E-state index in [1.807, 2.05) is 0 Å². The summed E-state index contributed by atoms with van der Waals surface area (Å²) in [6.07, 6.45) is 5.53. The number of hydrogen-bond acceptors (Lipinski definition) is 6. The number of nitrogens with one attached hydrogen (secondary N) is 1. The predicted molar refractivity (Wildman–Crippen MR) is 84.0 cm³/mol. The fraction of sp³-hybridized carbons (Fsp3) is 0.923. The summed E-state index contributed by atoms with van der Waals surface area (Å²) in [5, 5.41) is 2.44. The number of carbonyl (C=O) groups excluding carboxylic acids is 1. The number of carbonyl (C=O) groups is 1. The van der Waals surface area contributed by atoms with Crippen LogP contribution in [0.15, 0.2) is 0 Å². The molecule has 0 rings (SSSR count). The molecule has 0 aliphatic rings. The number of rotatable bonds is 12. The predicted octanol–water partition coefficient (Wildman–Crippen LogP) is -0.0561. The second kappa shape index (κ2) is 15.7. The molecule has 0 aliphatic carbocycles. The minimum atomic E-state index is -2.93. The van der Waals surface area contributed by atoms with Crippen molar-refractivity contribution in [1.29, 1.82) is 0 Å². The van der Waals surface area contributed by atoms with Crippen molar-refractivity contribution in [3.63, 3.8) is 0 Å². The van der Waals surface area contributed by atoms with Gasteiger partial charge < -0.3 is 20.5 Å². The number of hydrogen-bond donors (Lipinski definition) is 2. The zero-order valence-corrected chi connectivity index (χ0v) is 14.2. The van der Waals surface area contributed by atoms with Crippen molar-refractivity contribution in [2.75, 3.05) is 45.9 Å². The molecule has 8 heteroatoms. The Morgan fingerprint density at radius 1 is 1.24 bits per heavy atom. The SMILES string of the molecule is COC(CCCCCN)CS(C)(=O)=O.COCCNC=O. The molecule has 1 amide bonds. The van der Waals surface area contributed by atoms with Gasteiger partial charge in [0, 0.05) is 27.0 Å². The first-order valence-corrected chi connectivity index (χ1v) is 9.03. The van der Waals surface area contributed by atoms with E-state index in [0.717, 1.165) is 25.7 Å². The van der Waals surface area contributed by atoms with Crippen LogP contribution in [0.1, 0.15) is 25.7 Å². The summed E-state index contributed by atoms with van der Waals surface area (Å²) in [5.41, 5.74) is 5.35. The van der Waals surface area contributed by atoms with E-state index in [2.05, 4.69) is 10.1 Å². The highest BCUT2D eigenvalue weighted by Crippen LogP contribution is 2.07. The molecular formula is C13H30N2O5S. The molecule has 3 N–H and O–H groups in total. The van der Waals surface area contributed by atoms with Gasteiger partial charge in [-0.05, 0) is 19.4 Å². The maximum absolute atomic E-state index is 11.0. The van der Waals surface area contributed by atoms with Gasteiger partial charge in [-0.25, -0.2) is 8.42 Å². The van der Waals surface area contributed by atoms with Crippen molar-refractivity contribution in [2.45, 2.75) is 31.8 Å². The highest BCUT2D eigenvalue weighted by Gasteiger charge is 2.13. The van der Waals surface area contributed by atoms with Crippen LogP contribution >= 0.6 is 0 Å². The van der Waals surface area contributed by atoms with Crippen LogP contribution in [0.3, 0.4) is 0 Å². The first kappa shape index (κ1) is 22.6. The van der Waals surface area contributed by atoms with Gasteiger partial charge in [-0.3, -0.25) is 4.79 Å². The lowest BCUT2D eigenvalue weighted by molar-refractivity contribution is -0.109. The van der Waals surface area contributed by atoms with Crippen LogP contribution in [-0.2, 0) is 24.1 Å². The van der Waals surface area contributed by atoms with Gasteiger partial charge in [0.2, 0.25) is 6.41 Å². The summed E-state index contributed by atoms with van der Waals surface area (Å²) in [7, 11) is 0.216. The largest absolute Gasteiger partial charge is 0.383 e. The average molecular weight is 326 g/mol. The summed E-state index contributed by atoms with van der Waals surface area (Å²) >= 11 is 0. The third kappa shape index (κ3) is 21.7. The van der Waals surface area contributed by atoms with Gasteiger partial charge in [-0.1, -0.05) is 12.8 Å². The fourth-order valence-electron chi connectivity index (χ4n) is 1.52. The average Bonchev–Trinajstić information content (AvgIpc) is 2.42. The number of ether oxygens (including phenoxy) is 2. The zero-order valence-electron chi connectivity index (χ0n) is 13.3. The van der Waals surface area contributed by atoms with E-state index < -0.39 is 9.84 Å². The molecule has 0 saturated carbocycles. The van der Waals surface area contributed by atoms with Crippen molar-refractivity contribution in [3.8, 4) is 0 Å². The Hall–Kier alpha value is -0.700. The zero-order chi connectivity index (χ0) is 16.6. The molecule has 21 heavy (non-hydrogen) atoms. The highest BCUT2D eigenvalue weighted by molar-refractivity contribution is 7.90. The number of nitrogens with two attached hydrogens (primary N) is 1. The molecule has 1 atom stereocenters. The molecule has 0 heterocycles. The van der Waals surface area contributed by atoms with Crippen molar-refractivity contribution < 1.29 is 22.7 Å². The van der Waals surface area contributed by atoms with Gasteiger partial charge in [0.1, 0.15) is 9.84 Å². The van der Waals surface area contributed by atoms with E-state index >= 15 is 0 Å². The quantitative estimate of drug-likeness (QED) is 0.384. The lowest BCUT2D eigenvalue weighted by Crippen LogP contribution is -2.22. The molecule has 1 unspecified atom stereocenters. The Balaban J connectivity index is 0. The Bertz CT molecular complexity index is 323. The van der Waals surface area contributed by atoms with Crippen LogP contribution in [0.4, 0.5) is 0 Å². The third-order valence-electron chi connectivity index (χ3n) is 2.59. The second-order valence-corrected chi connectivity index (χ2v) is 6.84. The van der Waals surface area contributed by atoms with Crippen LogP contribution < -0.4 is 11.1 Å². The van der Waals surface area contributed by atoms with Crippen LogP contribution in [0.25, 0.3) is 0 Å². The lowest BCUT2D eigenvalue weighted by Gasteiger charge is -2.13. The smallest absolute Gasteiger partial charge is 0.207 e. The van der Waals surface area contributed by atoms with E-state index in [9.17, 15) is 13.2 Å². The maximum atomic E-state index is 11.0. The molecule has 0 bridgehead atoms. The van der Waals surface area contributed by atoms with Crippen molar-refractivity contribution in [3.05, 3.63) is 0 Å². The first-order valence-electron chi connectivity index (χ1n) is 6.97. The minimum Gasteiger partial charge on any atom is -0.383 e. The van der Waals surface area contributed by atoms with Gasteiger partial charge >= 0.3 is 0 Å². The van der Waals surface area contributed by atoms with Crippen molar-refractivity contribution in [1.82, 2.24) is 5.32 Å². The monoisotopic (exact) mass is 326 g/mol. The summed E-state index contributed by atoms with van der Waals surface area (Å²) < 4.78 is 31.7. The number of sulfone groups is 1. The van der Waals surface area contributed by atoms with Gasteiger partial charge in [0.25, 0.3) is 0 Å². The Morgan fingerprint density at radius 2 is 1.90 bits per heavy atom. The second-order valence-electron chi connectivity index (χ2n) is 4.65. The summed E-state index contributed by atoms with van der Waals surface area (Å²) in [5.74, 6) is 0.117. The van der Waals surface area contributed by atoms with E-state index in [1.54, 1.807) is 14.2 Å². The molecule has 0 fully saturated rings. The lowest BCUT2D eigenvalue weighted by atomic mass is 10.1. The molecule has 128 valence electrons. The van der Waals surface area contributed by atoms with Crippen LogP contribution in [-0.4, -0.2) is 66.9 Å². The number of methoxy groups -OCH3 is 2. The fourth-order valence-corrected chi connectivity index (χ4v) is 2.50. The summed E-state index contributed by atoms with van der Waals surface area (Å²) in [4.78, 5) is 9.51. The highest BCUT2D eigenvalue weighted by atomic mass is 32.2. The maximum Gasteiger partial charge on any atom is 0.207 e. The molecule has 0 aromatic carbocycles. The van der Waals surface area contributed by atoms with Gasteiger partial charge in [0.05, 0.1) is 18.5 Å². The molecular weight excluding hydrogens is 296 g/mol. The molecule has 0 aromatic heterocycles. The standard InChI is InChI=1S/C9H21NO3S.C4H9NO2/c1-13-9(8-14(2,11)12)6-4-3-5-7-10;1-7-3-2-5-4-6/h9H,3-8,10H2,1-2H3;4H,2-3H2,1H3,(H,5,6). The third-order valence-corrected chi connectivity index (χ3v) is 3.56. The van der Waals surface area contributed by atoms with Crippen molar-refractivity contribution in [2.24, 2.45) is 5.73 Å². The van der Waals surface area contributed by atoms with Gasteiger partial charge in [0.15, 0.2) is 0 Å². The number of unbranched alkanes of at least 4 members (excludes halogenated alkanes) is 2. The van der Waals surface area contributed by atoms with Crippen LogP contribution in [0, 0.1) is 0 Å². The molecule has 0 spiro atoms. The summed E-state index contributed by atoms with van der Waals surface area (Å²) in [6, 6.07) is 0. The first-order chi connectivity index (χ1) is 9.91. The topological polar surface area (TPSA) is 108 Å². The summed E-state index contributed by atoms with van der Waals surface area (Å²) in [6.45, 7) is 1.88. The molecule has 0 aliphatic heterocycles. The Kier molecular flexibility index (Phi) is 16.9. The molecule has 0 saturated heterocycles.